The molecule has 3 aromatic rings. The number of nitrogens with zero attached hydrogens (tertiary/aromatic N) is 3. The van der Waals surface area contributed by atoms with E-state index >= 15 is 0 Å². The molecule has 2 aromatic carbocycles. The van der Waals surface area contributed by atoms with E-state index in [9.17, 15) is 23.5 Å². The van der Waals surface area contributed by atoms with Crippen molar-refractivity contribution in [2.45, 2.75) is 0 Å². The molecule has 3 rings (SSSR count). The van der Waals surface area contributed by atoms with E-state index in [0.717, 1.165) is 18.3 Å². The summed E-state index contributed by atoms with van der Waals surface area (Å²) in [7, 11) is -1.41. The molecule has 12 heteroatoms. The van der Waals surface area contributed by atoms with E-state index in [4.69, 9.17) is 4.74 Å². The van der Waals surface area contributed by atoms with Crippen molar-refractivity contribution in [3.63, 3.8) is 0 Å². The first-order chi connectivity index (χ1) is 14.6. The smallest absolute Gasteiger partial charge is 0.307 e. The number of aromatic nitrogens is 2. The van der Waals surface area contributed by atoms with Gasteiger partial charge in [0.2, 0.25) is 11.8 Å². The predicted octanol–water partition coefficient (Wildman–Crippen LogP) is 4.41. The van der Waals surface area contributed by atoms with Gasteiger partial charge in [-0.1, -0.05) is 12.1 Å². The molecule has 0 atom stereocenters. The molecule has 0 aliphatic rings. The van der Waals surface area contributed by atoms with Crippen LogP contribution >= 0.6 is 7.14 Å². The molecule has 9 nitrogen and oxygen atoms in total. The quantitative estimate of drug-likeness (QED) is 0.309. The minimum Gasteiger partial charge on any atom is -0.494 e. The van der Waals surface area contributed by atoms with Gasteiger partial charge < -0.3 is 19.9 Å². The summed E-state index contributed by atoms with van der Waals surface area (Å²) in [6.07, 6.45) is 0.891. The van der Waals surface area contributed by atoms with Gasteiger partial charge in [0.1, 0.15) is 12.9 Å². The number of ether oxygens (including phenoxy) is 1. The van der Waals surface area contributed by atoms with Crippen LogP contribution in [0.25, 0.3) is 0 Å². The number of nitro groups is 1. The van der Waals surface area contributed by atoms with Crippen molar-refractivity contribution in [2.75, 3.05) is 31.1 Å². The summed E-state index contributed by atoms with van der Waals surface area (Å²) in [6, 6.07) is 8.49. The second kappa shape index (κ2) is 8.65. The van der Waals surface area contributed by atoms with E-state index in [-0.39, 0.29) is 23.2 Å². The molecule has 1 heterocycles. The van der Waals surface area contributed by atoms with Crippen molar-refractivity contribution in [3.05, 3.63) is 64.3 Å². The number of benzene rings is 2. The van der Waals surface area contributed by atoms with Crippen LogP contribution in [0.1, 0.15) is 0 Å². The third kappa shape index (κ3) is 4.95. The number of nitrogens with one attached hydrogen (secondary N) is 2. The lowest BCUT2D eigenvalue weighted by Crippen LogP contribution is -2.11. The molecule has 0 saturated carbocycles. The van der Waals surface area contributed by atoms with Gasteiger partial charge in [0.25, 0.3) is 0 Å². The zero-order valence-electron chi connectivity index (χ0n) is 16.7. The fourth-order valence-electron chi connectivity index (χ4n) is 2.76. The van der Waals surface area contributed by atoms with E-state index < -0.39 is 29.4 Å². The average Bonchev–Trinajstić information content (AvgIpc) is 2.70. The van der Waals surface area contributed by atoms with E-state index in [2.05, 4.69) is 20.6 Å². The third-order valence-corrected chi connectivity index (χ3v) is 5.74. The number of nitro benzene ring substituents is 1. The summed E-state index contributed by atoms with van der Waals surface area (Å²) in [5.41, 5.74) is -0.353. The van der Waals surface area contributed by atoms with Crippen LogP contribution < -0.4 is 20.7 Å². The van der Waals surface area contributed by atoms with Gasteiger partial charge in [-0.2, -0.15) is 9.37 Å². The molecule has 0 bridgehead atoms. The van der Waals surface area contributed by atoms with Crippen LogP contribution in [-0.4, -0.2) is 35.3 Å². The Kier molecular flexibility index (Phi) is 6.16. The summed E-state index contributed by atoms with van der Waals surface area (Å²) >= 11 is 0. The lowest BCUT2D eigenvalue weighted by atomic mass is 10.2. The van der Waals surface area contributed by atoms with Gasteiger partial charge in [0.15, 0.2) is 11.6 Å². The number of anilines is 4. The van der Waals surface area contributed by atoms with Crippen LogP contribution in [0, 0.1) is 21.7 Å². The first-order valence-corrected chi connectivity index (χ1v) is 11.4. The SMILES string of the molecule is COc1cc(F)c([N+](=O)[O-])cc1Nc1ncc(F)c(Nc2ccccc2P(C)(C)=O)n1. The first kappa shape index (κ1) is 22.1. The Morgan fingerprint density at radius 1 is 1.10 bits per heavy atom. The van der Waals surface area contributed by atoms with Crippen LogP contribution in [-0.2, 0) is 4.57 Å². The van der Waals surface area contributed by atoms with E-state index in [1.165, 1.54) is 7.11 Å². The highest BCUT2D eigenvalue weighted by Gasteiger charge is 2.21. The molecule has 2 N–H and O–H groups in total. The standard InChI is InChI=1S/C19H18F2N5O4P/c1-30-16-8-11(20)15(26(27)28)9-14(16)24-19-22-10-12(21)18(25-19)23-13-6-4-5-7-17(13)31(2,3)29/h4-10H,1-3H3,(H2,22,23,24,25). The first-order valence-electron chi connectivity index (χ1n) is 8.83. The summed E-state index contributed by atoms with van der Waals surface area (Å²) in [5, 5.41) is 17.0. The van der Waals surface area contributed by atoms with Crippen molar-refractivity contribution < 1.29 is 23.0 Å². The van der Waals surface area contributed by atoms with Crippen LogP contribution in [0.4, 0.5) is 37.6 Å². The number of hydrogen-bond donors (Lipinski definition) is 2. The summed E-state index contributed by atoms with van der Waals surface area (Å²) in [4.78, 5) is 18.0. The van der Waals surface area contributed by atoms with E-state index in [1.54, 1.807) is 37.6 Å². The Labute approximate surface area is 176 Å². The highest BCUT2D eigenvalue weighted by atomic mass is 31.2. The molecule has 1 aromatic heterocycles. The average molecular weight is 449 g/mol. The summed E-state index contributed by atoms with van der Waals surface area (Å²) < 4.78 is 45.7. The molecule has 31 heavy (non-hydrogen) atoms. The van der Waals surface area contributed by atoms with Crippen molar-refractivity contribution >= 4 is 41.3 Å². The maximum absolute atomic E-state index is 14.3. The fraction of sp³-hybridized carbons (Fsp3) is 0.158. The highest BCUT2D eigenvalue weighted by molar-refractivity contribution is 7.70. The Balaban J connectivity index is 1.98. The van der Waals surface area contributed by atoms with Crippen LogP contribution in [0.5, 0.6) is 5.75 Å². The van der Waals surface area contributed by atoms with Gasteiger partial charge in [0, 0.05) is 17.4 Å². The normalized spacial score (nSPS) is 11.1. The third-order valence-electron chi connectivity index (χ3n) is 4.19. The maximum atomic E-state index is 14.3. The zero-order valence-corrected chi connectivity index (χ0v) is 17.6. The summed E-state index contributed by atoms with van der Waals surface area (Å²) in [5.74, 6) is -2.23. The lowest BCUT2D eigenvalue weighted by molar-refractivity contribution is -0.387. The molecule has 0 saturated heterocycles. The lowest BCUT2D eigenvalue weighted by Gasteiger charge is -2.15. The van der Waals surface area contributed by atoms with Gasteiger partial charge in [-0.3, -0.25) is 10.1 Å². The Bertz CT molecular complexity index is 1200. The number of rotatable bonds is 7. The van der Waals surface area contributed by atoms with Crippen LogP contribution in [0.15, 0.2) is 42.6 Å². The molecule has 162 valence electrons. The number of hydrogen-bond acceptors (Lipinski definition) is 8. The Morgan fingerprint density at radius 2 is 1.81 bits per heavy atom. The van der Waals surface area contributed by atoms with E-state index in [0.29, 0.717) is 11.0 Å². The Morgan fingerprint density at radius 3 is 2.45 bits per heavy atom. The monoisotopic (exact) mass is 449 g/mol. The largest absolute Gasteiger partial charge is 0.494 e. The van der Waals surface area contributed by atoms with Gasteiger partial charge in [0.05, 0.1) is 29.6 Å². The van der Waals surface area contributed by atoms with Crippen LogP contribution in [0.2, 0.25) is 0 Å². The second-order valence-electron chi connectivity index (χ2n) is 6.77. The number of halogens is 2. The Hall–Kier alpha value is -3.59. The predicted molar refractivity (Wildman–Crippen MR) is 114 cm³/mol. The molecule has 0 fully saturated rings. The van der Waals surface area contributed by atoms with Gasteiger partial charge in [-0.25, -0.2) is 9.37 Å². The van der Waals surface area contributed by atoms with Crippen molar-refractivity contribution in [1.82, 2.24) is 9.97 Å². The molecular formula is C19H18F2N5O4P. The zero-order chi connectivity index (χ0) is 22.8. The molecular weight excluding hydrogens is 431 g/mol. The number of para-hydroxylation sites is 1. The molecule has 0 radical (unpaired) electrons. The van der Waals surface area contributed by atoms with Gasteiger partial charge >= 0.3 is 5.69 Å². The molecule has 0 aliphatic carbocycles. The minimum absolute atomic E-state index is 0.0141. The summed E-state index contributed by atoms with van der Waals surface area (Å²) in [6.45, 7) is 3.18. The highest BCUT2D eigenvalue weighted by Crippen LogP contribution is 2.38. The molecule has 0 aliphatic heterocycles. The van der Waals surface area contributed by atoms with Crippen molar-refractivity contribution in [3.8, 4) is 5.75 Å². The number of methoxy groups -OCH3 is 1. The topological polar surface area (TPSA) is 119 Å². The van der Waals surface area contributed by atoms with Crippen LogP contribution in [0.3, 0.4) is 0 Å². The fourth-order valence-corrected chi connectivity index (χ4v) is 3.92. The molecule has 0 amide bonds. The molecule has 0 unspecified atom stereocenters. The molecule has 0 spiro atoms. The van der Waals surface area contributed by atoms with Gasteiger partial charge in [-0.15, -0.1) is 0 Å². The second-order valence-corrected chi connectivity index (χ2v) is 9.95. The minimum atomic E-state index is -2.66. The van der Waals surface area contributed by atoms with Crippen molar-refractivity contribution in [1.29, 1.82) is 0 Å². The van der Waals surface area contributed by atoms with E-state index in [1.807, 2.05) is 0 Å². The maximum Gasteiger partial charge on any atom is 0.307 e. The van der Waals surface area contributed by atoms with Crippen molar-refractivity contribution in [2.24, 2.45) is 0 Å². The van der Waals surface area contributed by atoms with Gasteiger partial charge in [-0.05, 0) is 25.5 Å².